The summed E-state index contributed by atoms with van der Waals surface area (Å²) in [7, 11) is -2.66. The van der Waals surface area contributed by atoms with Crippen molar-refractivity contribution in [2.24, 2.45) is 0 Å². The van der Waals surface area contributed by atoms with Crippen LogP contribution in [0.25, 0.3) is 0 Å². The fourth-order valence-electron chi connectivity index (χ4n) is 0.677. The largest absolute Gasteiger partial charge is 0.228 e. The van der Waals surface area contributed by atoms with Crippen LogP contribution in [0.3, 0.4) is 0 Å². The van der Waals surface area contributed by atoms with Crippen molar-refractivity contribution in [3.63, 3.8) is 0 Å². The van der Waals surface area contributed by atoms with E-state index < -0.39 is 14.6 Å². The average Bonchev–Trinajstić information content (AvgIpc) is 1.64. The average molecular weight is 134 g/mol. The van der Waals surface area contributed by atoms with E-state index in [9.17, 15) is 8.42 Å². The van der Waals surface area contributed by atoms with Gasteiger partial charge in [0.15, 0.2) is 9.84 Å². The molecule has 0 bridgehead atoms. The van der Waals surface area contributed by atoms with Gasteiger partial charge in [0.2, 0.25) is 0 Å². The third-order valence-electron chi connectivity index (χ3n) is 1.81. The Hall–Kier alpha value is -0.0500. The van der Waals surface area contributed by atoms with Crippen molar-refractivity contribution in [1.29, 1.82) is 0 Å². The molecule has 0 unspecified atom stereocenters. The third kappa shape index (κ3) is 0.573. The van der Waals surface area contributed by atoms with Crippen LogP contribution < -0.4 is 0 Å². The van der Waals surface area contributed by atoms with E-state index in [1.165, 1.54) is 0 Å². The van der Waals surface area contributed by atoms with Crippen molar-refractivity contribution >= 4 is 9.84 Å². The molecular weight excluding hydrogens is 124 g/mol. The van der Waals surface area contributed by atoms with E-state index in [-0.39, 0.29) is 0 Å². The van der Waals surface area contributed by atoms with Gasteiger partial charge in [0.1, 0.15) is 0 Å². The van der Waals surface area contributed by atoms with Gasteiger partial charge >= 0.3 is 0 Å². The van der Waals surface area contributed by atoms with Gasteiger partial charge in [-0.15, -0.1) is 0 Å². The van der Waals surface area contributed by atoms with Gasteiger partial charge in [-0.05, 0) is 20.3 Å². The first-order valence-corrected chi connectivity index (χ1v) is 4.33. The highest BCUT2D eigenvalue weighted by Gasteiger charge is 2.43. The minimum Gasteiger partial charge on any atom is -0.228 e. The summed E-state index contributed by atoms with van der Waals surface area (Å²) in [6.07, 6.45) is 0.829. The lowest BCUT2D eigenvalue weighted by molar-refractivity contribution is 0.497. The molecular formula is C5H10O2S. The molecule has 0 radical (unpaired) electrons. The Bertz CT molecular complexity index is 188. The topological polar surface area (TPSA) is 34.1 Å². The summed E-state index contributed by atoms with van der Waals surface area (Å²) in [4.78, 5) is 0. The predicted molar refractivity (Wildman–Crippen MR) is 32.5 cm³/mol. The monoisotopic (exact) mass is 134 g/mol. The standard InChI is InChI=1S/C5H10O2S/c1-5(2)3-4-8(5,6)7/h3-4H2,1-2H3. The smallest absolute Gasteiger partial charge is 0.155 e. The summed E-state index contributed by atoms with van der Waals surface area (Å²) in [6.45, 7) is 3.54. The molecule has 0 aromatic carbocycles. The minimum atomic E-state index is -2.66. The summed E-state index contributed by atoms with van der Waals surface area (Å²) in [5.74, 6) is 0.389. The zero-order valence-corrected chi connectivity index (χ0v) is 5.96. The fourth-order valence-corrected chi connectivity index (χ4v) is 2.03. The third-order valence-corrected chi connectivity index (χ3v) is 4.44. The van der Waals surface area contributed by atoms with E-state index in [1.54, 1.807) is 13.8 Å². The molecule has 48 valence electrons. The zero-order valence-electron chi connectivity index (χ0n) is 5.14. The maximum Gasteiger partial charge on any atom is 0.155 e. The van der Waals surface area contributed by atoms with E-state index in [4.69, 9.17) is 0 Å². The van der Waals surface area contributed by atoms with Crippen LogP contribution in [0.1, 0.15) is 20.3 Å². The molecule has 0 spiro atoms. The highest BCUT2D eigenvalue weighted by molar-refractivity contribution is 7.94. The Morgan fingerprint density at radius 2 is 1.75 bits per heavy atom. The SMILES string of the molecule is CC1(C)CCS1(=O)=O. The van der Waals surface area contributed by atoms with Gasteiger partial charge in [-0.25, -0.2) is 8.42 Å². The second-order valence-corrected chi connectivity index (χ2v) is 5.57. The second kappa shape index (κ2) is 1.26. The molecule has 0 N–H and O–H groups in total. The lowest BCUT2D eigenvalue weighted by Gasteiger charge is -2.33. The van der Waals surface area contributed by atoms with E-state index in [2.05, 4.69) is 0 Å². The Kier molecular flexibility index (Phi) is 0.960. The molecule has 1 saturated heterocycles. The summed E-state index contributed by atoms with van der Waals surface area (Å²) >= 11 is 0. The van der Waals surface area contributed by atoms with Crippen molar-refractivity contribution in [2.75, 3.05) is 5.75 Å². The molecule has 1 fully saturated rings. The molecule has 1 aliphatic rings. The van der Waals surface area contributed by atoms with Gasteiger partial charge in [-0.3, -0.25) is 0 Å². The van der Waals surface area contributed by atoms with Crippen molar-refractivity contribution in [3.05, 3.63) is 0 Å². The number of hydrogen-bond donors (Lipinski definition) is 0. The maximum absolute atomic E-state index is 10.7. The quantitative estimate of drug-likeness (QED) is 0.485. The van der Waals surface area contributed by atoms with Crippen LogP contribution in [0.5, 0.6) is 0 Å². The van der Waals surface area contributed by atoms with Crippen molar-refractivity contribution in [2.45, 2.75) is 25.0 Å². The van der Waals surface area contributed by atoms with Crippen molar-refractivity contribution in [1.82, 2.24) is 0 Å². The van der Waals surface area contributed by atoms with Crippen LogP contribution in [0.15, 0.2) is 0 Å². The first-order chi connectivity index (χ1) is 3.46. The molecule has 0 atom stereocenters. The highest BCUT2D eigenvalue weighted by Crippen LogP contribution is 2.32. The Morgan fingerprint density at radius 3 is 1.75 bits per heavy atom. The molecule has 0 aromatic heterocycles. The molecule has 1 aliphatic heterocycles. The van der Waals surface area contributed by atoms with E-state index in [0.717, 1.165) is 6.42 Å². The Balaban J connectivity index is 2.95. The van der Waals surface area contributed by atoms with Gasteiger partial charge in [0, 0.05) is 0 Å². The normalized spacial score (nSPS) is 31.2. The second-order valence-electron chi connectivity index (χ2n) is 2.83. The summed E-state index contributed by atoms with van der Waals surface area (Å²) in [6, 6.07) is 0. The first-order valence-electron chi connectivity index (χ1n) is 2.68. The first kappa shape index (κ1) is 6.08. The number of rotatable bonds is 0. The van der Waals surface area contributed by atoms with E-state index >= 15 is 0 Å². The highest BCUT2D eigenvalue weighted by atomic mass is 32.2. The maximum atomic E-state index is 10.7. The molecule has 0 saturated carbocycles. The fraction of sp³-hybridized carbons (Fsp3) is 1.00. The molecule has 3 heteroatoms. The molecule has 0 aliphatic carbocycles. The van der Waals surface area contributed by atoms with Crippen LogP contribution in [-0.2, 0) is 9.84 Å². The van der Waals surface area contributed by atoms with Crippen LogP contribution in [0.2, 0.25) is 0 Å². The summed E-state index contributed by atoms with van der Waals surface area (Å²) < 4.78 is 21.1. The van der Waals surface area contributed by atoms with Gasteiger partial charge in [-0.1, -0.05) is 0 Å². The van der Waals surface area contributed by atoms with Gasteiger partial charge in [-0.2, -0.15) is 0 Å². The predicted octanol–water partition coefficient (Wildman–Crippen LogP) is 0.584. The van der Waals surface area contributed by atoms with Gasteiger partial charge < -0.3 is 0 Å². The molecule has 8 heavy (non-hydrogen) atoms. The van der Waals surface area contributed by atoms with Crippen LogP contribution in [-0.4, -0.2) is 18.9 Å². The molecule has 1 rings (SSSR count). The molecule has 1 heterocycles. The Labute approximate surface area is 49.8 Å². The molecule has 0 amide bonds. The van der Waals surface area contributed by atoms with Gasteiger partial charge in [0.25, 0.3) is 0 Å². The molecule has 0 aromatic rings. The number of hydrogen-bond acceptors (Lipinski definition) is 2. The summed E-state index contributed by atoms with van der Waals surface area (Å²) in [5.41, 5.74) is 0. The lowest BCUT2D eigenvalue weighted by Crippen LogP contribution is -2.45. The Morgan fingerprint density at radius 1 is 1.38 bits per heavy atom. The molecule has 2 nitrogen and oxygen atoms in total. The van der Waals surface area contributed by atoms with E-state index in [1.807, 2.05) is 0 Å². The number of sulfone groups is 1. The zero-order chi connectivity index (χ0) is 6.41. The van der Waals surface area contributed by atoms with E-state index in [0.29, 0.717) is 5.75 Å². The summed E-state index contributed by atoms with van der Waals surface area (Å²) in [5, 5.41) is 0. The van der Waals surface area contributed by atoms with Gasteiger partial charge in [0.05, 0.1) is 10.5 Å². The minimum absolute atomic E-state index is 0.389. The van der Waals surface area contributed by atoms with Crippen LogP contribution in [0.4, 0.5) is 0 Å². The van der Waals surface area contributed by atoms with Crippen molar-refractivity contribution < 1.29 is 8.42 Å². The van der Waals surface area contributed by atoms with Crippen molar-refractivity contribution in [3.8, 4) is 0 Å². The van der Waals surface area contributed by atoms with Crippen LogP contribution >= 0.6 is 0 Å². The lowest BCUT2D eigenvalue weighted by atomic mass is 10.1. The van der Waals surface area contributed by atoms with Crippen LogP contribution in [0, 0.1) is 0 Å².